The van der Waals surface area contributed by atoms with E-state index in [9.17, 15) is 4.39 Å². The first-order valence-corrected chi connectivity index (χ1v) is 4.67. The molecular weight excluding hydrogens is 165 g/mol. The van der Waals surface area contributed by atoms with Gasteiger partial charge in [-0.25, -0.2) is 4.39 Å². The molecule has 1 aromatic carbocycles. The average molecular weight is 181 g/mol. The fourth-order valence-electron chi connectivity index (χ4n) is 1.48. The van der Waals surface area contributed by atoms with E-state index in [0.29, 0.717) is 5.56 Å². The van der Waals surface area contributed by atoms with Gasteiger partial charge >= 0.3 is 0 Å². The molecule has 0 atom stereocenters. The Morgan fingerprint density at radius 2 is 2.08 bits per heavy atom. The van der Waals surface area contributed by atoms with Crippen molar-refractivity contribution in [3.63, 3.8) is 0 Å². The Morgan fingerprint density at radius 1 is 1.38 bits per heavy atom. The number of aryl methyl sites for hydroxylation is 1. The maximum absolute atomic E-state index is 13.6. The summed E-state index contributed by atoms with van der Waals surface area (Å²) in [5.74, 6) is -0.107. The van der Waals surface area contributed by atoms with E-state index in [-0.39, 0.29) is 12.4 Å². The Kier molecular flexibility index (Phi) is 3.43. The highest BCUT2D eigenvalue weighted by molar-refractivity contribution is 5.33. The standard InChI is InChI=1S/C11H16FN/c1-3-4-10-8(2)5-6-9(7-13)11(10)12/h5-6H,3-4,7,13H2,1-2H3. The molecule has 1 aromatic rings. The topological polar surface area (TPSA) is 26.0 Å². The van der Waals surface area contributed by atoms with Gasteiger partial charge in [0.05, 0.1) is 0 Å². The SMILES string of the molecule is CCCc1c(C)ccc(CN)c1F. The molecule has 0 aromatic heterocycles. The van der Waals surface area contributed by atoms with Crippen LogP contribution in [-0.2, 0) is 13.0 Å². The smallest absolute Gasteiger partial charge is 0.131 e. The molecule has 0 aliphatic heterocycles. The van der Waals surface area contributed by atoms with Gasteiger partial charge in [-0.2, -0.15) is 0 Å². The number of hydrogen-bond donors (Lipinski definition) is 1. The lowest BCUT2D eigenvalue weighted by molar-refractivity contribution is 0.589. The first-order valence-electron chi connectivity index (χ1n) is 4.67. The van der Waals surface area contributed by atoms with Gasteiger partial charge in [0.25, 0.3) is 0 Å². The molecule has 0 unspecified atom stereocenters. The summed E-state index contributed by atoms with van der Waals surface area (Å²) in [6, 6.07) is 3.71. The van der Waals surface area contributed by atoms with E-state index in [4.69, 9.17) is 5.73 Å². The van der Waals surface area contributed by atoms with Crippen LogP contribution in [0, 0.1) is 12.7 Å². The maximum Gasteiger partial charge on any atom is 0.131 e. The molecule has 2 N–H and O–H groups in total. The van der Waals surface area contributed by atoms with Crippen molar-refractivity contribution >= 4 is 0 Å². The van der Waals surface area contributed by atoms with E-state index >= 15 is 0 Å². The van der Waals surface area contributed by atoms with Crippen molar-refractivity contribution in [1.29, 1.82) is 0 Å². The fourth-order valence-corrected chi connectivity index (χ4v) is 1.48. The van der Waals surface area contributed by atoms with E-state index in [1.807, 2.05) is 19.9 Å². The first kappa shape index (κ1) is 10.2. The molecule has 0 bridgehead atoms. The van der Waals surface area contributed by atoms with Crippen molar-refractivity contribution in [2.45, 2.75) is 33.2 Å². The summed E-state index contributed by atoms with van der Waals surface area (Å²) >= 11 is 0. The van der Waals surface area contributed by atoms with Gasteiger partial charge in [0.15, 0.2) is 0 Å². The number of nitrogens with two attached hydrogens (primary N) is 1. The molecule has 0 aliphatic rings. The molecule has 13 heavy (non-hydrogen) atoms. The molecule has 0 fully saturated rings. The average Bonchev–Trinajstić information content (AvgIpc) is 2.12. The summed E-state index contributed by atoms with van der Waals surface area (Å²) in [6.07, 6.45) is 1.76. The highest BCUT2D eigenvalue weighted by Crippen LogP contribution is 2.18. The second-order valence-electron chi connectivity index (χ2n) is 3.29. The van der Waals surface area contributed by atoms with Crippen LogP contribution in [0.2, 0.25) is 0 Å². The van der Waals surface area contributed by atoms with Crippen molar-refractivity contribution in [1.82, 2.24) is 0 Å². The normalized spacial score (nSPS) is 10.5. The highest BCUT2D eigenvalue weighted by Gasteiger charge is 2.08. The van der Waals surface area contributed by atoms with E-state index < -0.39 is 0 Å². The Hall–Kier alpha value is -0.890. The minimum Gasteiger partial charge on any atom is -0.326 e. The molecule has 2 heteroatoms. The van der Waals surface area contributed by atoms with E-state index in [2.05, 4.69) is 0 Å². The number of hydrogen-bond acceptors (Lipinski definition) is 1. The summed E-state index contributed by atoms with van der Waals surface area (Å²) in [5, 5.41) is 0. The molecule has 0 saturated heterocycles. The second kappa shape index (κ2) is 4.38. The molecule has 1 rings (SSSR count). The Morgan fingerprint density at radius 3 is 2.62 bits per heavy atom. The van der Waals surface area contributed by atoms with E-state index in [1.165, 1.54) is 0 Å². The lowest BCUT2D eigenvalue weighted by Crippen LogP contribution is -2.04. The van der Waals surface area contributed by atoms with Crippen LogP contribution in [0.5, 0.6) is 0 Å². The van der Waals surface area contributed by atoms with Crippen molar-refractivity contribution < 1.29 is 4.39 Å². The summed E-state index contributed by atoms with van der Waals surface area (Å²) < 4.78 is 13.6. The van der Waals surface area contributed by atoms with Crippen LogP contribution in [0.15, 0.2) is 12.1 Å². The third-order valence-corrected chi connectivity index (χ3v) is 2.28. The van der Waals surface area contributed by atoms with Crippen LogP contribution in [0.25, 0.3) is 0 Å². The maximum atomic E-state index is 13.6. The quantitative estimate of drug-likeness (QED) is 0.762. The Balaban J connectivity index is 3.13. The molecule has 0 radical (unpaired) electrons. The lowest BCUT2D eigenvalue weighted by Gasteiger charge is -2.09. The minimum atomic E-state index is -0.107. The van der Waals surface area contributed by atoms with Crippen LogP contribution >= 0.6 is 0 Å². The van der Waals surface area contributed by atoms with Gasteiger partial charge in [0.1, 0.15) is 5.82 Å². The predicted octanol–water partition coefficient (Wildman–Crippen LogP) is 2.55. The zero-order valence-corrected chi connectivity index (χ0v) is 8.23. The van der Waals surface area contributed by atoms with Gasteiger partial charge in [-0.15, -0.1) is 0 Å². The Labute approximate surface area is 78.8 Å². The van der Waals surface area contributed by atoms with Gasteiger partial charge in [-0.1, -0.05) is 25.5 Å². The molecule has 0 heterocycles. The fraction of sp³-hybridized carbons (Fsp3) is 0.455. The summed E-state index contributed by atoms with van der Waals surface area (Å²) in [7, 11) is 0. The third kappa shape index (κ3) is 2.07. The van der Waals surface area contributed by atoms with Crippen LogP contribution in [0.3, 0.4) is 0 Å². The van der Waals surface area contributed by atoms with Gasteiger partial charge in [0.2, 0.25) is 0 Å². The highest BCUT2D eigenvalue weighted by atomic mass is 19.1. The second-order valence-corrected chi connectivity index (χ2v) is 3.29. The monoisotopic (exact) mass is 181 g/mol. The summed E-state index contributed by atoms with van der Waals surface area (Å²) in [4.78, 5) is 0. The van der Waals surface area contributed by atoms with Crippen LogP contribution < -0.4 is 5.73 Å². The van der Waals surface area contributed by atoms with Crippen LogP contribution in [0.1, 0.15) is 30.0 Å². The van der Waals surface area contributed by atoms with Crippen molar-refractivity contribution in [2.24, 2.45) is 5.73 Å². The zero-order chi connectivity index (χ0) is 9.84. The minimum absolute atomic E-state index is 0.107. The molecule has 0 amide bonds. The lowest BCUT2D eigenvalue weighted by atomic mass is 10.0. The molecular formula is C11H16FN. The van der Waals surface area contributed by atoms with E-state index in [1.54, 1.807) is 6.07 Å². The largest absolute Gasteiger partial charge is 0.326 e. The summed E-state index contributed by atoms with van der Waals surface area (Å²) in [5.41, 5.74) is 7.89. The van der Waals surface area contributed by atoms with Crippen molar-refractivity contribution in [3.05, 3.63) is 34.6 Å². The Bertz CT molecular complexity index is 294. The predicted molar refractivity (Wildman–Crippen MR) is 53.0 cm³/mol. The van der Waals surface area contributed by atoms with Crippen molar-refractivity contribution in [3.8, 4) is 0 Å². The molecule has 0 aliphatic carbocycles. The zero-order valence-electron chi connectivity index (χ0n) is 8.23. The van der Waals surface area contributed by atoms with Gasteiger partial charge in [0, 0.05) is 12.1 Å². The first-order chi connectivity index (χ1) is 6.20. The van der Waals surface area contributed by atoms with Crippen molar-refractivity contribution in [2.75, 3.05) is 0 Å². The molecule has 0 spiro atoms. The van der Waals surface area contributed by atoms with Crippen LogP contribution in [0.4, 0.5) is 4.39 Å². The number of halogens is 1. The third-order valence-electron chi connectivity index (χ3n) is 2.28. The van der Waals surface area contributed by atoms with Gasteiger partial charge in [-0.3, -0.25) is 0 Å². The van der Waals surface area contributed by atoms with E-state index in [0.717, 1.165) is 24.0 Å². The number of rotatable bonds is 3. The molecule has 72 valence electrons. The number of benzene rings is 1. The molecule has 0 saturated carbocycles. The summed E-state index contributed by atoms with van der Waals surface area (Å²) in [6.45, 7) is 4.27. The van der Waals surface area contributed by atoms with Crippen LogP contribution in [-0.4, -0.2) is 0 Å². The van der Waals surface area contributed by atoms with Gasteiger partial charge in [-0.05, 0) is 24.5 Å². The van der Waals surface area contributed by atoms with Gasteiger partial charge < -0.3 is 5.73 Å². The molecule has 1 nitrogen and oxygen atoms in total.